The molecule has 0 saturated heterocycles. The van der Waals surface area contributed by atoms with Gasteiger partial charge < -0.3 is 10.1 Å². The molecule has 0 fully saturated rings. The molecule has 0 atom stereocenters. The number of ether oxygens (including phenoxy) is 1. The maximum Gasteiger partial charge on any atom is 0.239 e. The molecule has 26 heavy (non-hydrogen) atoms. The predicted octanol–water partition coefficient (Wildman–Crippen LogP) is 4.60. The fourth-order valence-corrected chi connectivity index (χ4v) is 4.32. The van der Waals surface area contributed by atoms with E-state index in [9.17, 15) is 13.2 Å². The van der Waals surface area contributed by atoms with Gasteiger partial charge in [-0.25, -0.2) is 8.42 Å². The first-order chi connectivity index (χ1) is 12.2. The summed E-state index contributed by atoms with van der Waals surface area (Å²) in [4.78, 5) is 12.1. The molecule has 0 aliphatic carbocycles. The third-order valence-corrected chi connectivity index (χ3v) is 5.93. The summed E-state index contributed by atoms with van der Waals surface area (Å²) in [6.07, 6.45) is 0. The Morgan fingerprint density at radius 1 is 1.04 bits per heavy atom. The molecule has 2 aromatic rings. The van der Waals surface area contributed by atoms with Gasteiger partial charge in [0.15, 0.2) is 9.84 Å². The monoisotopic (exact) mass is 435 g/mol. The third kappa shape index (κ3) is 5.77. The Kier molecular flexibility index (Phi) is 7.17. The molecule has 140 valence electrons. The molecule has 0 aromatic heterocycles. The molecule has 9 heteroatoms. The van der Waals surface area contributed by atoms with Crippen LogP contribution >= 0.6 is 34.8 Å². The summed E-state index contributed by atoms with van der Waals surface area (Å²) in [5.74, 6) is -1.20. The highest BCUT2D eigenvalue weighted by Crippen LogP contribution is 2.32. The molecular weight excluding hydrogens is 421 g/mol. The van der Waals surface area contributed by atoms with Crippen molar-refractivity contribution in [3.63, 3.8) is 0 Å². The Hall–Kier alpha value is -1.47. The van der Waals surface area contributed by atoms with Crippen LogP contribution in [0.2, 0.25) is 15.1 Å². The number of halogens is 3. The minimum absolute atomic E-state index is 0.0645. The van der Waals surface area contributed by atoms with Gasteiger partial charge >= 0.3 is 0 Å². The predicted molar refractivity (Wildman–Crippen MR) is 105 cm³/mol. The van der Waals surface area contributed by atoms with Crippen molar-refractivity contribution < 1.29 is 17.9 Å². The molecule has 1 N–H and O–H groups in total. The lowest BCUT2D eigenvalue weighted by atomic mass is 10.2. The van der Waals surface area contributed by atoms with Gasteiger partial charge in [-0.15, -0.1) is 0 Å². The van der Waals surface area contributed by atoms with Crippen LogP contribution in [0.15, 0.2) is 36.4 Å². The van der Waals surface area contributed by atoms with Gasteiger partial charge in [-0.05, 0) is 43.3 Å². The first-order valence-electron chi connectivity index (χ1n) is 7.57. The first-order valence-corrected chi connectivity index (χ1v) is 10.5. The lowest BCUT2D eigenvalue weighted by Gasteiger charge is -2.10. The smallest absolute Gasteiger partial charge is 0.239 e. The van der Waals surface area contributed by atoms with Crippen LogP contribution in [0.25, 0.3) is 0 Å². The minimum atomic E-state index is -3.80. The topological polar surface area (TPSA) is 72.5 Å². The van der Waals surface area contributed by atoms with Crippen LogP contribution in [0.3, 0.4) is 0 Å². The van der Waals surface area contributed by atoms with Crippen LogP contribution in [-0.4, -0.2) is 26.7 Å². The lowest BCUT2D eigenvalue weighted by Crippen LogP contribution is -2.24. The van der Waals surface area contributed by atoms with Gasteiger partial charge in [0, 0.05) is 16.3 Å². The molecule has 0 aliphatic rings. The van der Waals surface area contributed by atoms with Gasteiger partial charge in [-0.2, -0.15) is 0 Å². The van der Waals surface area contributed by atoms with Crippen molar-refractivity contribution in [2.24, 2.45) is 0 Å². The van der Waals surface area contributed by atoms with E-state index in [2.05, 4.69) is 5.32 Å². The number of hydrogen-bond donors (Lipinski definition) is 1. The normalized spacial score (nSPS) is 11.2. The van der Waals surface area contributed by atoms with Gasteiger partial charge in [0.1, 0.15) is 11.5 Å². The van der Waals surface area contributed by atoms with Crippen molar-refractivity contribution >= 4 is 56.2 Å². The fourth-order valence-electron chi connectivity index (χ4n) is 2.17. The van der Waals surface area contributed by atoms with Crippen LogP contribution in [0.1, 0.15) is 12.5 Å². The molecule has 0 spiro atoms. The number of benzene rings is 2. The first kappa shape index (κ1) is 20.8. The summed E-state index contributed by atoms with van der Waals surface area (Å²) >= 11 is 17.9. The molecule has 1 amide bonds. The Bertz CT molecular complexity index is 899. The van der Waals surface area contributed by atoms with Gasteiger partial charge in [-0.1, -0.05) is 34.8 Å². The second-order valence-electron chi connectivity index (χ2n) is 5.36. The van der Waals surface area contributed by atoms with Gasteiger partial charge in [0.25, 0.3) is 0 Å². The highest BCUT2D eigenvalue weighted by Gasteiger charge is 2.21. The Labute approximate surface area is 167 Å². The van der Waals surface area contributed by atoms with Crippen molar-refractivity contribution in [2.45, 2.75) is 12.7 Å². The number of amides is 1. The summed E-state index contributed by atoms with van der Waals surface area (Å²) in [6.45, 7) is 2.39. The summed E-state index contributed by atoms with van der Waals surface area (Å²) in [5.41, 5.74) is 0.641. The van der Waals surface area contributed by atoms with E-state index in [1.54, 1.807) is 24.3 Å². The van der Waals surface area contributed by atoms with E-state index in [1.165, 1.54) is 12.1 Å². The molecule has 0 bridgehead atoms. The molecular formula is C17H16Cl3NO4S. The molecule has 5 nitrogen and oxygen atoms in total. The molecule has 2 rings (SSSR count). The highest BCUT2D eigenvalue weighted by molar-refractivity contribution is 7.91. The van der Waals surface area contributed by atoms with E-state index < -0.39 is 27.3 Å². The van der Waals surface area contributed by atoms with Crippen molar-refractivity contribution in [3.8, 4) is 5.75 Å². The van der Waals surface area contributed by atoms with Crippen LogP contribution < -0.4 is 10.1 Å². The van der Waals surface area contributed by atoms with E-state index in [4.69, 9.17) is 39.5 Å². The molecule has 0 unspecified atom stereocenters. The number of carbonyl (C=O) groups is 1. The zero-order valence-corrected chi connectivity index (χ0v) is 16.8. The average Bonchev–Trinajstić information content (AvgIpc) is 2.57. The van der Waals surface area contributed by atoms with Gasteiger partial charge in [0.2, 0.25) is 5.91 Å². The van der Waals surface area contributed by atoms with Crippen LogP contribution in [0.5, 0.6) is 5.75 Å². The number of sulfone groups is 1. The van der Waals surface area contributed by atoms with Gasteiger partial charge in [0.05, 0.1) is 22.4 Å². The Morgan fingerprint density at radius 3 is 2.27 bits per heavy atom. The van der Waals surface area contributed by atoms with Crippen LogP contribution in [-0.2, 0) is 20.4 Å². The van der Waals surface area contributed by atoms with E-state index >= 15 is 0 Å². The molecule has 0 saturated carbocycles. The standard InChI is InChI=1S/C17H16Cl3NO4S/c1-2-25-12-5-3-11(4-6-12)21-16(22)10-26(23,24)9-13-14(18)7-8-15(19)17(13)20/h3-8H,2,9-10H2,1H3,(H,21,22). The maximum absolute atomic E-state index is 12.3. The Balaban J connectivity index is 2.05. The number of carbonyl (C=O) groups excluding carboxylic acids is 1. The van der Waals surface area contributed by atoms with Crippen molar-refractivity contribution in [3.05, 3.63) is 57.0 Å². The summed E-state index contributed by atoms with van der Waals surface area (Å²) in [7, 11) is -3.80. The largest absolute Gasteiger partial charge is 0.494 e. The van der Waals surface area contributed by atoms with E-state index in [0.717, 1.165) is 0 Å². The number of hydrogen-bond acceptors (Lipinski definition) is 4. The maximum atomic E-state index is 12.3. The van der Waals surface area contributed by atoms with Crippen molar-refractivity contribution in [1.82, 2.24) is 0 Å². The van der Waals surface area contributed by atoms with E-state index in [0.29, 0.717) is 18.0 Å². The van der Waals surface area contributed by atoms with Crippen LogP contribution in [0.4, 0.5) is 5.69 Å². The quantitative estimate of drug-likeness (QED) is 0.644. The Morgan fingerprint density at radius 2 is 1.65 bits per heavy atom. The number of nitrogens with one attached hydrogen (secondary N) is 1. The molecule has 0 aliphatic heterocycles. The fraction of sp³-hybridized carbons (Fsp3) is 0.235. The minimum Gasteiger partial charge on any atom is -0.494 e. The van der Waals surface area contributed by atoms with E-state index in [-0.39, 0.29) is 20.6 Å². The number of rotatable bonds is 7. The molecule has 0 heterocycles. The molecule has 2 aromatic carbocycles. The third-order valence-electron chi connectivity index (χ3n) is 3.30. The van der Waals surface area contributed by atoms with Crippen molar-refractivity contribution in [2.75, 3.05) is 17.7 Å². The van der Waals surface area contributed by atoms with Crippen molar-refractivity contribution in [1.29, 1.82) is 0 Å². The second-order valence-corrected chi connectivity index (χ2v) is 8.62. The SMILES string of the molecule is CCOc1ccc(NC(=O)CS(=O)(=O)Cc2c(Cl)ccc(Cl)c2Cl)cc1. The van der Waals surface area contributed by atoms with Crippen LogP contribution in [0, 0.1) is 0 Å². The lowest BCUT2D eigenvalue weighted by molar-refractivity contribution is -0.113. The zero-order chi connectivity index (χ0) is 19.3. The summed E-state index contributed by atoms with van der Waals surface area (Å²) in [5, 5.41) is 2.96. The molecule has 0 radical (unpaired) electrons. The highest BCUT2D eigenvalue weighted by atomic mass is 35.5. The van der Waals surface area contributed by atoms with E-state index in [1.807, 2.05) is 6.92 Å². The van der Waals surface area contributed by atoms with Gasteiger partial charge in [-0.3, -0.25) is 4.79 Å². The zero-order valence-electron chi connectivity index (χ0n) is 13.8. The summed E-state index contributed by atoms with van der Waals surface area (Å²) < 4.78 is 29.9. The number of anilines is 1. The second kappa shape index (κ2) is 8.95. The average molecular weight is 437 g/mol. The summed E-state index contributed by atoms with van der Waals surface area (Å²) in [6, 6.07) is 9.54.